The molecule has 126 valence electrons. The molecule has 0 spiro atoms. The molecule has 1 fully saturated rings. The molecule has 0 aromatic rings. The second-order valence-corrected chi connectivity index (χ2v) is 6.44. The van der Waals surface area contributed by atoms with Gasteiger partial charge in [0.25, 0.3) is 0 Å². The third kappa shape index (κ3) is 6.68. The summed E-state index contributed by atoms with van der Waals surface area (Å²) in [6.07, 6.45) is 5.16. The highest BCUT2D eigenvalue weighted by Gasteiger charge is 2.33. The quantitative estimate of drug-likeness (QED) is 0.597. The molecule has 1 rings (SSSR count). The first-order valence-electron chi connectivity index (χ1n) is 7.93. The zero-order chi connectivity index (χ0) is 16.4. The van der Waals surface area contributed by atoms with Crippen LogP contribution in [0.25, 0.3) is 0 Å². The van der Waals surface area contributed by atoms with Gasteiger partial charge in [-0.3, -0.25) is 14.4 Å². The number of hydrogen-bond donors (Lipinski definition) is 2. The summed E-state index contributed by atoms with van der Waals surface area (Å²) in [4.78, 5) is 35.9. The molecular formula is C15H26N2O4S. The van der Waals surface area contributed by atoms with E-state index in [4.69, 9.17) is 5.11 Å². The number of nitrogens with zero attached hydrogens (tertiary/aromatic N) is 1. The minimum atomic E-state index is -0.743. The number of unbranched alkanes of at least 4 members (excludes halogenated alkanes) is 4. The van der Waals surface area contributed by atoms with Gasteiger partial charge < -0.3 is 15.3 Å². The lowest BCUT2D eigenvalue weighted by Crippen LogP contribution is -2.47. The average Bonchev–Trinajstić information content (AvgIpc) is 2.98. The van der Waals surface area contributed by atoms with Crippen LogP contribution in [-0.4, -0.2) is 52.0 Å². The van der Waals surface area contributed by atoms with E-state index in [2.05, 4.69) is 5.32 Å². The van der Waals surface area contributed by atoms with E-state index in [-0.39, 0.29) is 24.3 Å². The molecule has 1 aliphatic rings. The Labute approximate surface area is 136 Å². The fraction of sp³-hybridized carbons (Fsp3) is 0.800. The summed E-state index contributed by atoms with van der Waals surface area (Å²) in [6, 6.07) is -0.326. The molecule has 6 nitrogen and oxygen atoms in total. The molecule has 2 amide bonds. The Kier molecular flexibility index (Phi) is 8.96. The molecular weight excluding hydrogens is 304 g/mol. The number of rotatable bonds is 10. The minimum absolute atomic E-state index is 0.0311. The molecule has 0 bridgehead atoms. The zero-order valence-electron chi connectivity index (χ0n) is 13.2. The van der Waals surface area contributed by atoms with E-state index in [1.54, 1.807) is 16.7 Å². The Bertz CT molecular complexity index is 390. The van der Waals surface area contributed by atoms with E-state index < -0.39 is 5.97 Å². The third-order valence-electron chi connectivity index (χ3n) is 3.67. The van der Waals surface area contributed by atoms with Crippen molar-refractivity contribution in [3.05, 3.63) is 0 Å². The van der Waals surface area contributed by atoms with E-state index in [0.717, 1.165) is 32.1 Å². The van der Waals surface area contributed by atoms with Crippen molar-refractivity contribution in [2.75, 3.05) is 18.2 Å². The molecule has 1 heterocycles. The SMILES string of the molecule is CCC(=O)N1CSCC1C(=O)NCCCCCCCC(=O)O. The van der Waals surface area contributed by atoms with Gasteiger partial charge in [0.2, 0.25) is 11.8 Å². The number of hydrogen-bond acceptors (Lipinski definition) is 4. The summed E-state index contributed by atoms with van der Waals surface area (Å²) in [5.74, 6) is 0.510. The lowest BCUT2D eigenvalue weighted by atomic mass is 10.1. The fourth-order valence-corrected chi connectivity index (χ4v) is 3.55. The topological polar surface area (TPSA) is 86.7 Å². The van der Waals surface area contributed by atoms with Crippen LogP contribution >= 0.6 is 11.8 Å². The lowest BCUT2D eigenvalue weighted by Gasteiger charge is -2.22. The summed E-state index contributed by atoms with van der Waals surface area (Å²) >= 11 is 1.61. The first-order chi connectivity index (χ1) is 10.6. The number of carboxylic acid groups (broad SMARTS) is 1. The van der Waals surface area contributed by atoms with Gasteiger partial charge in [0.05, 0.1) is 5.88 Å². The van der Waals surface area contributed by atoms with Crippen molar-refractivity contribution in [2.45, 2.75) is 57.9 Å². The second-order valence-electron chi connectivity index (χ2n) is 5.44. The van der Waals surface area contributed by atoms with Crippen LogP contribution in [0.1, 0.15) is 51.9 Å². The van der Waals surface area contributed by atoms with Gasteiger partial charge in [0.1, 0.15) is 6.04 Å². The van der Waals surface area contributed by atoms with Gasteiger partial charge in [-0.15, -0.1) is 11.8 Å². The highest BCUT2D eigenvalue weighted by atomic mass is 32.2. The predicted molar refractivity (Wildman–Crippen MR) is 86.6 cm³/mol. The van der Waals surface area contributed by atoms with Gasteiger partial charge in [0.15, 0.2) is 0 Å². The zero-order valence-corrected chi connectivity index (χ0v) is 14.0. The molecule has 1 unspecified atom stereocenters. The van der Waals surface area contributed by atoms with Crippen molar-refractivity contribution >= 4 is 29.5 Å². The van der Waals surface area contributed by atoms with Crippen molar-refractivity contribution in [3.8, 4) is 0 Å². The maximum absolute atomic E-state index is 12.1. The van der Waals surface area contributed by atoms with E-state index in [9.17, 15) is 14.4 Å². The standard InChI is InChI=1S/C15H26N2O4S/c1-2-13(18)17-11-22-10-12(17)15(21)16-9-7-5-3-4-6-8-14(19)20/h12H,2-11H2,1H3,(H,16,21)(H,19,20). The van der Waals surface area contributed by atoms with E-state index >= 15 is 0 Å². The van der Waals surface area contributed by atoms with Gasteiger partial charge in [-0.1, -0.05) is 26.2 Å². The maximum atomic E-state index is 12.1. The molecule has 7 heteroatoms. The number of carboxylic acids is 1. The molecule has 2 N–H and O–H groups in total. The Hall–Kier alpha value is -1.24. The van der Waals surface area contributed by atoms with Crippen LogP contribution < -0.4 is 5.32 Å². The Morgan fingerprint density at radius 3 is 2.55 bits per heavy atom. The number of aliphatic carboxylic acids is 1. The minimum Gasteiger partial charge on any atom is -0.481 e. The summed E-state index contributed by atoms with van der Waals surface area (Å²) in [5.41, 5.74) is 0. The Morgan fingerprint density at radius 1 is 1.18 bits per heavy atom. The fourth-order valence-electron chi connectivity index (χ4n) is 2.37. The van der Waals surface area contributed by atoms with Crippen LogP contribution in [0.5, 0.6) is 0 Å². The summed E-state index contributed by atoms with van der Waals surface area (Å²) in [5, 5.41) is 11.4. The molecule has 0 saturated carbocycles. The summed E-state index contributed by atoms with van der Waals surface area (Å²) in [6.45, 7) is 2.43. The van der Waals surface area contributed by atoms with E-state index in [0.29, 0.717) is 24.6 Å². The third-order valence-corrected chi connectivity index (χ3v) is 4.69. The Morgan fingerprint density at radius 2 is 1.86 bits per heavy atom. The molecule has 0 aromatic heterocycles. The molecule has 1 aliphatic heterocycles. The monoisotopic (exact) mass is 330 g/mol. The van der Waals surface area contributed by atoms with Crippen LogP contribution in [-0.2, 0) is 14.4 Å². The number of amides is 2. The van der Waals surface area contributed by atoms with Crippen molar-refractivity contribution in [1.82, 2.24) is 10.2 Å². The van der Waals surface area contributed by atoms with Gasteiger partial charge in [0, 0.05) is 25.1 Å². The Balaban J connectivity index is 2.10. The highest BCUT2D eigenvalue weighted by molar-refractivity contribution is 7.99. The summed E-state index contributed by atoms with van der Waals surface area (Å²) in [7, 11) is 0. The van der Waals surface area contributed by atoms with Crippen LogP contribution in [0.2, 0.25) is 0 Å². The lowest BCUT2D eigenvalue weighted by molar-refractivity contribution is -0.137. The maximum Gasteiger partial charge on any atom is 0.303 e. The second kappa shape index (κ2) is 10.5. The summed E-state index contributed by atoms with van der Waals surface area (Å²) < 4.78 is 0. The number of nitrogens with one attached hydrogen (secondary N) is 1. The number of thioether (sulfide) groups is 1. The first kappa shape index (κ1) is 18.8. The normalized spacial score (nSPS) is 17.5. The molecule has 0 aliphatic carbocycles. The van der Waals surface area contributed by atoms with Gasteiger partial charge >= 0.3 is 5.97 Å². The molecule has 1 saturated heterocycles. The molecule has 0 aromatic carbocycles. The largest absolute Gasteiger partial charge is 0.481 e. The number of carbonyl (C=O) groups is 3. The molecule has 22 heavy (non-hydrogen) atoms. The van der Waals surface area contributed by atoms with Crippen molar-refractivity contribution in [3.63, 3.8) is 0 Å². The van der Waals surface area contributed by atoms with E-state index in [1.165, 1.54) is 0 Å². The molecule has 0 radical (unpaired) electrons. The predicted octanol–water partition coefficient (Wildman–Crippen LogP) is 1.84. The molecule has 1 atom stereocenters. The van der Waals surface area contributed by atoms with E-state index in [1.807, 2.05) is 6.92 Å². The van der Waals surface area contributed by atoms with Gasteiger partial charge in [-0.05, 0) is 12.8 Å². The van der Waals surface area contributed by atoms with Crippen molar-refractivity contribution in [1.29, 1.82) is 0 Å². The van der Waals surface area contributed by atoms with Crippen molar-refractivity contribution in [2.24, 2.45) is 0 Å². The first-order valence-corrected chi connectivity index (χ1v) is 9.08. The average molecular weight is 330 g/mol. The van der Waals surface area contributed by atoms with Crippen LogP contribution in [0.3, 0.4) is 0 Å². The highest BCUT2D eigenvalue weighted by Crippen LogP contribution is 2.21. The smallest absolute Gasteiger partial charge is 0.303 e. The van der Waals surface area contributed by atoms with Crippen LogP contribution in [0, 0.1) is 0 Å². The van der Waals surface area contributed by atoms with Crippen LogP contribution in [0.15, 0.2) is 0 Å². The van der Waals surface area contributed by atoms with Gasteiger partial charge in [-0.25, -0.2) is 0 Å². The van der Waals surface area contributed by atoms with Crippen molar-refractivity contribution < 1.29 is 19.5 Å². The van der Waals surface area contributed by atoms with Gasteiger partial charge in [-0.2, -0.15) is 0 Å². The number of carbonyl (C=O) groups excluding carboxylic acids is 2. The van der Waals surface area contributed by atoms with Crippen LogP contribution in [0.4, 0.5) is 0 Å².